The molecule has 1 atom stereocenters. The van der Waals surface area contributed by atoms with Crippen molar-refractivity contribution in [3.8, 4) is 11.1 Å². The monoisotopic (exact) mass is 744 g/mol. The molecule has 1 unspecified atom stereocenters. The predicted molar refractivity (Wildman–Crippen MR) is 241 cm³/mol. The second-order valence-corrected chi connectivity index (χ2v) is 14.6. The first-order valence-corrected chi connectivity index (χ1v) is 19.6. The van der Waals surface area contributed by atoms with Gasteiger partial charge in [0.15, 0.2) is 5.84 Å². The molecule has 1 N–H and O–H groups in total. The zero-order chi connectivity index (χ0) is 38.4. The van der Waals surface area contributed by atoms with Gasteiger partial charge in [0.25, 0.3) is 0 Å². The number of furan rings is 1. The van der Waals surface area contributed by atoms with E-state index in [2.05, 4.69) is 174 Å². The van der Waals surface area contributed by atoms with Gasteiger partial charge >= 0.3 is 0 Å². The van der Waals surface area contributed by atoms with E-state index >= 15 is 0 Å². The predicted octanol–water partition coefficient (Wildman–Crippen LogP) is 13.5. The van der Waals surface area contributed by atoms with Crippen molar-refractivity contribution in [1.82, 2.24) is 5.32 Å². The summed E-state index contributed by atoms with van der Waals surface area (Å²) in [7, 11) is 0. The lowest BCUT2D eigenvalue weighted by Gasteiger charge is -2.27. The van der Waals surface area contributed by atoms with Crippen molar-refractivity contribution < 1.29 is 4.42 Å². The van der Waals surface area contributed by atoms with Crippen molar-refractivity contribution in [2.24, 2.45) is 9.98 Å². The Labute approximate surface area is 335 Å². The van der Waals surface area contributed by atoms with Gasteiger partial charge in [-0.15, -0.1) is 0 Å². The molecule has 1 aliphatic heterocycles. The Morgan fingerprint density at radius 3 is 1.76 bits per heavy atom. The fraction of sp³-hybridized carbons (Fsp3) is 0.0189. The summed E-state index contributed by atoms with van der Waals surface area (Å²) in [5, 5.41) is 10.5. The van der Waals surface area contributed by atoms with Gasteiger partial charge in [-0.05, 0) is 75.1 Å². The van der Waals surface area contributed by atoms with Crippen molar-refractivity contribution in [2.45, 2.75) is 6.17 Å². The van der Waals surface area contributed by atoms with Gasteiger partial charge in [0.2, 0.25) is 0 Å². The van der Waals surface area contributed by atoms with Gasteiger partial charge in [-0.1, -0.05) is 164 Å². The van der Waals surface area contributed by atoms with Crippen molar-refractivity contribution in [1.29, 1.82) is 0 Å². The van der Waals surface area contributed by atoms with E-state index in [1.165, 1.54) is 21.5 Å². The highest BCUT2D eigenvalue weighted by molar-refractivity contribution is 6.18. The van der Waals surface area contributed by atoms with Gasteiger partial charge in [-0.3, -0.25) is 0 Å². The number of anilines is 3. The molecule has 274 valence electrons. The Morgan fingerprint density at radius 2 is 1.07 bits per heavy atom. The van der Waals surface area contributed by atoms with Crippen molar-refractivity contribution in [3.63, 3.8) is 0 Å². The zero-order valence-corrected chi connectivity index (χ0v) is 31.5. The highest BCUT2D eigenvalue weighted by Crippen LogP contribution is 2.47. The molecule has 0 amide bonds. The number of fused-ring (bicyclic) bond motifs is 5. The highest BCUT2D eigenvalue weighted by atomic mass is 16.3. The fourth-order valence-corrected chi connectivity index (χ4v) is 8.21. The van der Waals surface area contributed by atoms with E-state index in [4.69, 9.17) is 14.4 Å². The molecule has 1 aliphatic rings. The van der Waals surface area contributed by atoms with Crippen LogP contribution in [0.3, 0.4) is 0 Å². The third kappa shape index (κ3) is 5.97. The number of hydrogen-bond acceptors (Lipinski definition) is 5. The maximum Gasteiger partial charge on any atom is 0.159 e. The highest BCUT2D eigenvalue weighted by Gasteiger charge is 2.24. The molecule has 0 spiro atoms. The van der Waals surface area contributed by atoms with Gasteiger partial charge in [-0.2, -0.15) is 0 Å². The Kier molecular flexibility index (Phi) is 8.14. The van der Waals surface area contributed by atoms with Crippen LogP contribution in [0.25, 0.3) is 54.6 Å². The molecule has 11 rings (SSSR count). The lowest BCUT2D eigenvalue weighted by molar-refractivity contribution is 0.670. The molecule has 0 radical (unpaired) electrons. The minimum atomic E-state index is -0.264. The molecule has 5 heteroatoms. The average molecular weight is 745 g/mol. The van der Waals surface area contributed by atoms with Crippen molar-refractivity contribution in [2.75, 3.05) is 4.90 Å². The van der Waals surface area contributed by atoms with Crippen LogP contribution < -0.4 is 10.2 Å². The SMILES string of the molecule is c1ccc(C2=NC(c3ccc(-c4ccc(N(c5ccc6ccccc6c5)c5ccc6ccccc6c5)c5c4oc4ccccc45)cc3)=NC(c3ccccc3)N2)cc1. The van der Waals surface area contributed by atoms with E-state index in [0.29, 0.717) is 5.84 Å². The number of rotatable bonds is 7. The van der Waals surface area contributed by atoms with E-state index in [9.17, 15) is 0 Å². The summed E-state index contributed by atoms with van der Waals surface area (Å²) in [5.41, 5.74) is 9.97. The number of hydrogen-bond donors (Lipinski definition) is 1. The Balaban J connectivity index is 1.05. The number of nitrogens with one attached hydrogen (secondary N) is 1. The number of benzene rings is 9. The molecule has 1 aromatic heterocycles. The molecule has 58 heavy (non-hydrogen) atoms. The summed E-state index contributed by atoms with van der Waals surface area (Å²) >= 11 is 0. The van der Waals surface area contributed by atoms with E-state index in [0.717, 1.165) is 72.7 Å². The maximum absolute atomic E-state index is 6.83. The molecule has 9 aromatic carbocycles. The Hall–Kier alpha value is -7.76. The number of aliphatic imine (C=N–C) groups is 2. The van der Waals surface area contributed by atoms with E-state index < -0.39 is 0 Å². The molecule has 2 heterocycles. The molecule has 0 bridgehead atoms. The average Bonchev–Trinajstić information content (AvgIpc) is 3.70. The molecule has 0 fully saturated rings. The summed E-state index contributed by atoms with van der Waals surface area (Å²) in [6.45, 7) is 0. The van der Waals surface area contributed by atoms with E-state index in [1.807, 2.05) is 42.5 Å². The van der Waals surface area contributed by atoms with Gasteiger partial charge < -0.3 is 14.6 Å². The minimum absolute atomic E-state index is 0.264. The second kappa shape index (κ2) is 14.1. The standard InChI is InChI=1S/C53H36N4O/c1-3-15-38(16-4-1)51-54-52(39-17-5-2-6-18-39)56-53(55-51)40-25-23-37(24-26-40)45-31-32-47(49-46-21-11-12-22-48(46)58-50(45)49)57(43-29-27-35-13-7-9-19-41(35)33-43)44-30-28-36-14-8-10-20-42(36)34-44/h1-34,51H,(H,54,55,56). The summed E-state index contributed by atoms with van der Waals surface area (Å²) in [6, 6.07) is 72.3. The number of nitrogens with zero attached hydrogens (tertiary/aromatic N) is 3. The molecular weight excluding hydrogens is 709 g/mol. The molecule has 0 saturated heterocycles. The summed E-state index contributed by atoms with van der Waals surface area (Å²) in [4.78, 5) is 12.5. The third-order valence-corrected chi connectivity index (χ3v) is 11.1. The van der Waals surface area contributed by atoms with Crippen molar-refractivity contribution >= 4 is 72.2 Å². The summed E-state index contributed by atoms with van der Waals surface area (Å²) in [6.07, 6.45) is -0.264. The van der Waals surface area contributed by atoms with Crippen LogP contribution in [0.1, 0.15) is 22.9 Å². The molecule has 5 nitrogen and oxygen atoms in total. The number of para-hydroxylation sites is 1. The summed E-state index contributed by atoms with van der Waals surface area (Å²) < 4.78 is 6.83. The van der Waals surface area contributed by atoms with E-state index in [-0.39, 0.29) is 6.17 Å². The smallest absolute Gasteiger partial charge is 0.159 e. The topological polar surface area (TPSA) is 53.1 Å². The van der Waals surface area contributed by atoms with Crippen LogP contribution in [-0.4, -0.2) is 11.7 Å². The van der Waals surface area contributed by atoms with Crippen LogP contribution in [0.5, 0.6) is 0 Å². The van der Waals surface area contributed by atoms with E-state index in [1.54, 1.807) is 0 Å². The second-order valence-electron chi connectivity index (χ2n) is 14.6. The Bertz CT molecular complexity index is 3120. The lowest BCUT2D eigenvalue weighted by atomic mass is 9.98. The first-order chi connectivity index (χ1) is 28.7. The summed E-state index contributed by atoms with van der Waals surface area (Å²) in [5.74, 6) is 1.48. The lowest BCUT2D eigenvalue weighted by Crippen LogP contribution is -2.33. The van der Waals surface area contributed by atoms with Crippen LogP contribution in [0.2, 0.25) is 0 Å². The molecule has 10 aromatic rings. The van der Waals surface area contributed by atoms with Crippen LogP contribution in [0.4, 0.5) is 17.1 Å². The Morgan fingerprint density at radius 1 is 0.483 bits per heavy atom. The number of amidine groups is 2. The minimum Gasteiger partial charge on any atom is -0.455 e. The van der Waals surface area contributed by atoms with Crippen LogP contribution in [0.15, 0.2) is 221 Å². The maximum atomic E-state index is 6.83. The first kappa shape index (κ1) is 33.6. The largest absolute Gasteiger partial charge is 0.455 e. The quantitative estimate of drug-likeness (QED) is 0.177. The molecular formula is C53H36N4O. The van der Waals surface area contributed by atoms with Gasteiger partial charge in [0.1, 0.15) is 23.2 Å². The molecule has 0 aliphatic carbocycles. The van der Waals surface area contributed by atoms with Crippen LogP contribution in [0, 0.1) is 0 Å². The van der Waals surface area contributed by atoms with Crippen LogP contribution in [-0.2, 0) is 0 Å². The fourth-order valence-electron chi connectivity index (χ4n) is 8.21. The van der Waals surface area contributed by atoms with Crippen molar-refractivity contribution in [3.05, 3.63) is 223 Å². The normalized spacial score (nSPS) is 14.0. The third-order valence-electron chi connectivity index (χ3n) is 11.1. The van der Waals surface area contributed by atoms with Gasteiger partial charge in [0, 0.05) is 33.5 Å². The van der Waals surface area contributed by atoms with Gasteiger partial charge in [0.05, 0.1) is 11.1 Å². The first-order valence-electron chi connectivity index (χ1n) is 19.6. The molecule has 0 saturated carbocycles. The van der Waals surface area contributed by atoms with Crippen LogP contribution >= 0.6 is 0 Å². The van der Waals surface area contributed by atoms with Gasteiger partial charge in [-0.25, -0.2) is 9.98 Å². The zero-order valence-electron chi connectivity index (χ0n) is 31.5.